The van der Waals surface area contributed by atoms with Crippen LogP contribution in [0.15, 0.2) is 30.5 Å². The summed E-state index contributed by atoms with van der Waals surface area (Å²) < 4.78 is 2.08. The van der Waals surface area contributed by atoms with Crippen LogP contribution in [0.1, 0.15) is 18.2 Å². The number of aryl methyl sites for hydroxylation is 2. The summed E-state index contributed by atoms with van der Waals surface area (Å²) in [6.07, 6.45) is 3.14. The molecule has 0 aliphatic carbocycles. The minimum Gasteiger partial charge on any atom is -0.334 e. The van der Waals surface area contributed by atoms with Crippen molar-refractivity contribution in [2.75, 3.05) is 7.05 Å². The van der Waals surface area contributed by atoms with E-state index in [1.54, 1.807) is 0 Å². The van der Waals surface area contributed by atoms with E-state index in [0.29, 0.717) is 0 Å². The van der Waals surface area contributed by atoms with Gasteiger partial charge < -0.3 is 9.88 Å². The average molecular weight is 229 g/mol. The van der Waals surface area contributed by atoms with Gasteiger partial charge in [0.2, 0.25) is 0 Å². The van der Waals surface area contributed by atoms with Gasteiger partial charge in [0.25, 0.3) is 0 Å². The Morgan fingerprint density at radius 3 is 2.53 bits per heavy atom. The number of hydrogen-bond acceptors (Lipinski definition) is 2. The fourth-order valence-electron chi connectivity index (χ4n) is 1.95. The van der Waals surface area contributed by atoms with Crippen LogP contribution in [-0.2, 0) is 20.0 Å². The van der Waals surface area contributed by atoms with Crippen molar-refractivity contribution in [2.45, 2.75) is 19.9 Å². The summed E-state index contributed by atoms with van der Waals surface area (Å²) in [6.45, 7) is 2.97. The van der Waals surface area contributed by atoms with E-state index in [1.807, 2.05) is 14.1 Å². The largest absolute Gasteiger partial charge is 0.334 e. The molecule has 0 amide bonds. The predicted octanol–water partition coefficient (Wildman–Crippen LogP) is 2.37. The molecule has 1 N–H and O–H groups in total. The Balaban J connectivity index is 2.31. The van der Waals surface area contributed by atoms with Crippen LogP contribution in [0.2, 0.25) is 0 Å². The summed E-state index contributed by atoms with van der Waals surface area (Å²) in [5.41, 5.74) is 3.61. The van der Waals surface area contributed by atoms with Crippen molar-refractivity contribution in [3.05, 3.63) is 41.7 Å². The number of aromatic nitrogens is 2. The first-order valence-electron chi connectivity index (χ1n) is 6.00. The fraction of sp³-hybridized carbons (Fsp3) is 0.357. The van der Waals surface area contributed by atoms with E-state index >= 15 is 0 Å². The Hall–Kier alpha value is -1.61. The lowest BCUT2D eigenvalue weighted by molar-refractivity contribution is 0.795. The predicted molar refractivity (Wildman–Crippen MR) is 70.8 cm³/mol. The highest BCUT2D eigenvalue weighted by atomic mass is 15.1. The lowest BCUT2D eigenvalue weighted by atomic mass is 10.1. The van der Waals surface area contributed by atoms with Crippen molar-refractivity contribution in [3.8, 4) is 11.4 Å². The molecule has 0 bridgehead atoms. The fourth-order valence-corrected chi connectivity index (χ4v) is 1.95. The minimum atomic E-state index is 0.806. The first-order chi connectivity index (χ1) is 8.24. The maximum absolute atomic E-state index is 4.63. The van der Waals surface area contributed by atoms with Crippen LogP contribution in [0.25, 0.3) is 11.4 Å². The van der Waals surface area contributed by atoms with Gasteiger partial charge >= 0.3 is 0 Å². The van der Waals surface area contributed by atoms with Crippen LogP contribution >= 0.6 is 0 Å². The lowest BCUT2D eigenvalue weighted by Gasteiger charge is -2.02. The van der Waals surface area contributed by atoms with Gasteiger partial charge in [-0.1, -0.05) is 31.2 Å². The van der Waals surface area contributed by atoms with Crippen molar-refractivity contribution in [2.24, 2.45) is 7.05 Å². The molecule has 0 aliphatic rings. The topological polar surface area (TPSA) is 29.9 Å². The van der Waals surface area contributed by atoms with Crippen molar-refractivity contribution < 1.29 is 0 Å². The molecule has 0 radical (unpaired) electrons. The molecule has 0 fully saturated rings. The minimum absolute atomic E-state index is 0.806. The zero-order valence-corrected chi connectivity index (χ0v) is 10.7. The monoisotopic (exact) mass is 229 g/mol. The van der Waals surface area contributed by atoms with E-state index < -0.39 is 0 Å². The average Bonchev–Trinajstić information content (AvgIpc) is 2.71. The molecule has 17 heavy (non-hydrogen) atoms. The number of imidazole rings is 1. The standard InChI is InChI=1S/C14H19N3/c1-4-11-5-7-12(8-6-11)14-16-13(9-15-2)10-17(14)3/h5-8,10,15H,4,9H2,1-3H3. The first kappa shape index (κ1) is 11.9. The Bertz CT molecular complexity index is 483. The molecule has 0 atom stereocenters. The SMILES string of the molecule is CCc1ccc(-c2nc(CNC)cn2C)cc1. The Labute approximate surface area is 103 Å². The third kappa shape index (κ3) is 2.56. The molecule has 0 saturated carbocycles. The molecule has 0 aliphatic heterocycles. The first-order valence-corrected chi connectivity index (χ1v) is 6.00. The Morgan fingerprint density at radius 1 is 1.24 bits per heavy atom. The third-order valence-corrected chi connectivity index (χ3v) is 2.90. The molecule has 1 heterocycles. The van der Waals surface area contributed by atoms with Crippen molar-refractivity contribution in [3.63, 3.8) is 0 Å². The highest BCUT2D eigenvalue weighted by Crippen LogP contribution is 2.19. The molecule has 1 aromatic heterocycles. The van der Waals surface area contributed by atoms with Gasteiger partial charge in [0.15, 0.2) is 0 Å². The summed E-state index contributed by atoms with van der Waals surface area (Å²) in [6, 6.07) is 8.62. The maximum atomic E-state index is 4.63. The normalized spacial score (nSPS) is 10.8. The van der Waals surface area contributed by atoms with Crippen LogP contribution in [0, 0.1) is 0 Å². The van der Waals surface area contributed by atoms with Gasteiger partial charge in [-0.25, -0.2) is 4.98 Å². The number of hydrogen-bond donors (Lipinski definition) is 1. The van der Waals surface area contributed by atoms with Crippen molar-refractivity contribution in [1.29, 1.82) is 0 Å². The van der Waals surface area contributed by atoms with Gasteiger partial charge in [-0.2, -0.15) is 0 Å². The van der Waals surface area contributed by atoms with Crippen LogP contribution in [0.5, 0.6) is 0 Å². The summed E-state index contributed by atoms with van der Waals surface area (Å²) in [5.74, 6) is 1.03. The van der Waals surface area contributed by atoms with Crippen LogP contribution in [0.4, 0.5) is 0 Å². The van der Waals surface area contributed by atoms with Gasteiger partial charge in [0.05, 0.1) is 5.69 Å². The van der Waals surface area contributed by atoms with E-state index in [4.69, 9.17) is 0 Å². The highest BCUT2D eigenvalue weighted by Gasteiger charge is 2.06. The molecular formula is C14H19N3. The van der Waals surface area contributed by atoms with Gasteiger partial charge in [-0.05, 0) is 19.0 Å². The van der Waals surface area contributed by atoms with E-state index in [1.165, 1.54) is 11.1 Å². The van der Waals surface area contributed by atoms with E-state index in [0.717, 1.165) is 24.5 Å². The van der Waals surface area contributed by atoms with Crippen LogP contribution in [-0.4, -0.2) is 16.6 Å². The van der Waals surface area contributed by atoms with Gasteiger partial charge in [0, 0.05) is 25.4 Å². The van der Waals surface area contributed by atoms with Gasteiger partial charge in [-0.15, -0.1) is 0 Å². The number of benzene rings is 1. The molecule has 1 aromatic carbocycles. The Kier molecular flexibility index (Phi) is 3.59. The quantitative estimate of drug-likeness (QED) is 0.872. The molecule has 3 nitrogen and oxygen atoms in total. The summed E-state index contributed by atoms with van der Waals surface area (Å²) in [4.78, 5) is 4.63. The number of rotatable bonds is 4. The van der Waals surface area contributed by atoms with E-state index in [9.17, 15) is 0 Å². The molecule has 0 unspecified atom stereocenters. The molecule has 90 valence electrons. The van der Waals surface area contributed by atoms with Gasteiger partial charge in [0.1, 0.15) is 5.82 Å². The van der Waals surface area contributed by atoms with E-state index in [-0.39, 0.29) is 0 Å². The molecule has 0 spiro atoms. The zero-order valence-electron chi connectivity index (χ0n) is 10.7. The maximum Gasteiger partial charge on any atom is 0.140 e. The summed E-state index contributed by atoms with van der Waals surface area (Å²) in [5, 5.41) is 3.12. The zero-order chi connectivity index (χ0) is 12.3. The summed E-state index contributed by atoms with van der Waals surface area (Å²) in [7, 11) is 3.97. The van der Waals surface area contributed by atoms with Crippen molar-refractivity contribution in [1.82, 2.24) is 14.9 Å². The second-order valence-corrected chi connectivity index (χ2v) is 4.25. The van der Waals surface area contributed by atoms with Gasteiger partial charge in [-0.3, -0.25) is 0 Å². The lowest BCUT2D eigenvalue weighted by Crippen LogP contribution is -2.04. The molecule has 0 saturated heterocycles. The number of nitrogens with zero attached hydrogens (tertiary/aromatic N) is 2. The smallest absolute Gasteiger partial charge is 0.140 e. The van der Waals surface area contributed by atoms with Crippen LogP contribution < -0.4 is 5.32 Å². The van der Waals surface area contributed by atoms with Crippen molar-refractivity contribution >= 4 is 0 Å². The molecular weight excluding hydrogens is 210 g/mol. The summed E-state index contributed by atoms with van der Waals surface area (Å²) >= 11 is 0. The molecule has 2 rings (SSSR count). The number of nitrogens with one attached hydrogen (secondary N) is 1. The van der Waals surface area contributed by atoms with Crippen LogP contribution in [0.3, 0.4) is 0 Å². The Morgan fingerprint density at radius 2 is 1.94 bits per heavy atom. The second-order valence-electron chi connectivity index (χ2n) is 4.25. The second kappa shape index (κ2) is 5.15. The highest BCUT2D eigenvalue weighted by molar-refractivity contribution is 5.56. The molecule has 3 heteroatoms. The molecule has 2 aromatic rings. The third-order valence-electron chi connectivity index (χ3n) is 2.90. The van der Waals surface area contributed by atoms with E-state index in [2.05, 4.69) is 52.3 Å².